The van der Waals surface area contributed by atoms with Crippen LogP contribution in [0.15, 0.2) is 24.3 Å². The number of aliphatic carboxylic acids is 1. The molecule has 1 amide bonds. The van der Waals surface area contributed by atoms with E-state index in [1.807, 2.05) is 25.1 Å². The number of benzene rings is 1. The van der Waals surface area contributed by atoms with Crippen LogP contribution in [0.1, 0.15) is 38.2 Å². The lowest BCUT2D eigenvalue weighted by Crippen LogP contribution is -2.52. The minimum atomic E-state index is -0.975. The lowest BCUT2D eigenvalue weighted by atomic mass is 9.63. The molecular weight excluding hydrogens is 290 g/mol. The van der Waals surface area contributed by atoms with Crippen LogP contribution < -0.4 is 0 Å². The molecule has 5 heteroatoms. The summed E-state index contributed by atoms with van der Waals surface area (Å²) in [5.74, 6) is -1.06. The molecule has 0 atom stereocenters. The Bertz CT molecular complexity index is 540. The summed E-state index contributed by atoms with van der Waals surface area (Å²) < 4.78 is 0. The standard InChI is InChI=1S/C16H20ClNO3/c1-2-9-18(11-14(19)20)15(21)16(7-4-8-16)12-5-3-6-13(17)10-12/h3,5-6,10H,2,4,7-9,11H2,1H3,(H,19,20). The molecule has 0 spiro atoms. The molecule has 4 nitrogen and oxygen atoms in total. The molecule has 0 heterocycles. The number of carbonyl (C=O) groups excluding carboxylic acids is 1. The van der Waals surface area contributed by atoms with Crippen molar-refractivity contribution < 1.29 is 14.7 Å². The van der Waals surface area contributed by atoms with Crippen LogP contribution in [0.4, 0.5) is 0 Å². The van der Waals surface area contributed by atoms with Crippen molar-refractivity contribution in [2.75, 3.05) is 13.1 Å². The Morgan fingerprint density at radius 3 is 2.57 bits per heavy atom. The Balaban J connectivity index is 2.30. The molecule has 2 rings (SSSR count). The molecule has 1 fully saturated rings. The normalized spacial score (nSPS) is 16.1. The summed E-state index contributed by atoms with van der Waals surface area (Å²) >= 11 is 6.04. The predicted molar refractivity (Wildman–Crippen MR) is 81.5 cm³/mol. The van der Waals surface area contributed by atoms with Gasteiger partial charge in [-0.1, -0.05) is 37.1 Å². The molecule has 0 radical (unpaired) electrons. The maximum atomic E-state index is 12.9. The van der Waals surface area contributed by atoms with Crippen LogP contribution >= 0.6 is 11.6 Å². The highest BCUT2D eigenvalue weighted by Crippen LogP contribution is 2.45. The number of amides is 1. The number of carbonyl (C=O) groups is 2. The maximum Gasteiger partial charge on any atom is 0.323 e. The first-order valence-electron chi connectivity index (χ1n) is 7.27. The Labute approximate surface area is 129 Å². The number of nitrogens with zero attached hydrogens (tertiary/aromatic N) is 1. The van der Waals surface area contributed by atoms with Gasteiger partial charge in [-0.15, -0.1) is 0 Å². The van der Waals surface area contributed by atoms with E-state index in [9.17, 15) is 9.59 Å². The van der Waals surface area contributed by atoms with Gasteiger partial charge >= 0.3 is 5.97 Å². The molecule has 1 aliphatic rings. The zero-order valence-corrected chi connectivity index (χ0v) is 12.9. The fourth-order valence-corrected chi connectivity index (χ4v) is 3.12. The fraction of sp³-hybridized carbons (Fsp3) is 0.500. The van der Waals surface area contributed by atoms with E-state index in [-0.39, 0.29) is 12.5 Å². The topological polar surface area (TPSA) is 57.6 Å². The Morgan fingerprint density at radius 2 is 2.10 bits per heavy atom. The van der Waals surface area contributed by atoms with Crippen molar-refractivity contribution in [3.8, 4) is 0 Å². The van der Waals surface area contributed by atoms with Crippen molar-refractivity contribution in [1.82, 2.24) is 4.90 Å². The molecule has 1 aromatic carbocycles. The summed E-state index contributed by atoms with van der Waals surface area (Å²) in [7, 11) is 0. The van der Waals surface area contributed by atoms with Gasteiger partial charge < -0.3 is 10.0 Å². The predicted octanol–water partition coefficient (Wildman–Crippen LogP) is 3.08. The largest absolute Gasteiger partial charge is 0.480 e. The number of hydrogen-bond acceptors (Lipinski definition) is 2. The Kier molecular flexibility index (Phi) is 4.88. The molecule has 21 heavy (non-hydrogen) atoms. The molecule has 1 saturated carbocycles. The van der Waals surface area contributed by atoms with Crippen LogP contribution in [0.2, 0.25) is 5.02 Å². The van der Waals surface area contributed by atoms with E-state index >= 15 is 0 Å². The number of carboxylic acid groups (broad SMARTS) is 1. The summed E-state index contributed by atoms with van der Waals surface area (Å²) in [5, 5.41) is 9.62. The zero-order valence-electron chi connectivity index (χ0n) is 12.1. The molecule has 1 aliphatic carbocycles. The van der Waals surface area contributed by atoms with Gasteiger partial charge in [0.15, 0.2) is 0 Å². The third-order valence-electron chi connectivity index (χ3n) is 4.10. The third kappa shape index (κ3) is 3.21. The van der Waals surface area contributed by atoms with Crippen molar-refractivity contribution in [2.45, 2.75) is 38.0 Å². The molecule has 0 saturated heterocycles. The summed E-state index contributed by atoms with van der Waals surface area (Å²) in [6, 6.07) is 7.35. The van der Waals surface area contributed by atoms with Crippen LogP contribution in [-0.4, -0.2) is 35.0 Å². The van der Waals surface area contributed by atoms with E-state index in [0.717, 1.165) is 31.2 Å². The van der Waals surface area contributed by atoms with Gasteiger partial charge in [0.1, 0.15) is 6.54 Å². The molecule has 0 unspecified atom stereocenters. The summed E-state index contributed by atoms with van der Waals surface area (Å²) in [4.78, 5) is 25.4. The monoisotopic (exact) mass is 309 g/mol. The van der Waals surface area contributed by atoms with Crippen LogP contribution in [0.25, 0.3) is 0 Å². The molecular formula is C16H20ClNO3. The van der Waals surface area contributed by atoms with Crippen LogP contribution in [0.5, 0.6) is 0 Å². The van der Waals surface area contributed by atoms with Gasteiger partial charge in [0, 0.05) is 11.6 Å². The van der Waals surface area contributed by atoms with Gasteiger partial charge in [-0.2, -0.15) is 0 Å². The van der Waals surface area contributed by atoms with Gasteiger partial charge in [0.05, 0.1) is 5.41 Å². The average Bonchev–Trinajstić information content (AvgIpc) is 2.36. The molecule has 1 N–H and O–H groups in total. The Hall–Kier alpha value is -1.55. The van der Waals surface area contributed by atoms with E-state index in [0.29, 0.717) is 11.6 Å². The number of carboxylic acids is 1. The van der Waals surface area contributed by atoms with Crippen molar-refractivity contribution in [3.63, 3.8) is 0 Å². The van der Waals surface area contributed by atoms with E-state index in [1.54, 1.807) is 6.07 Å². The number of rotatable bonds is 6. The van der Waals surface area contributed by atoms with Gasteiger partial charge in [-0.05, 0) is 37.0 Å². The van der Waals surface area contributed by atoms with Gasteiger partial charge in [0.25, 0.3) is 0 Å². The van der Waals surface area contributed by atoms with Crippen LogP contribution in [0, 0.1) is 0 Å². The van der Waals surface area contributed by atoms with Crippen molar-refractivity contribution in [2.24, 2.45) is 0 Å². The molecule has 114 valence electrons. The lowest BCUT2D eigenvalue weighted by Gasteiger charge is -2.43. The second-order valence-corrected chi connectivity index (χ2v) is 6.00. The quantitative estimate of drug-likeness (QED) is 0.878. The van der Waals surface area contributed by atoms with Crippen molar-refractivity contribution in [1.29, 1.82) is 0 Å². The summed E-state index contributed by atoms with van der Waals surface area (Å²) in [5.41, 5.74) is 0.313. The van der Waals surface area contributed by atoms with E-state index < -0.39 is 11.4 Å². The van der Waals surface area contributed by atoms with Gasteiger partial charge in [-0.3, -0.25) is 9.59 Å². The van der Waals surface area contributed by atoms with E-state index in [4.69, 9.17) is 16.7 Å². The average molecular weight is 310 g/mol. The summed E-state index contributed by atoms with van der Waals surface area (Å²) in [6.07, 6.45) is 3.23. The second kappa shape index (κ2) is 6.48. The van der Waals surface area contributed by atoms with Crippen molar-refractivity contribution in [3.05, 3.63) is 34.9 Å². The Morgan fingerprint density at radius 1 is 1.38 bits per heavy atom. The smallest absolute Gasteiger partial charge is 0.323 e. The van der Waals surface area contributed by atoms with Gasteiger partial charge in [0.2, 0.25) is 5.91 Å². The molecule has 0 bridgehead atoms. The highest BCUT2D eigenvalue weighted by Gasteiger charge is 2.47. The van der Waals surface area contributed by atoms with Crippen LogP contribution in [0.3, 0.4) is 0 Å². The first-order chi connectivity index (χ1) is 9.99. The minimum Gasteiger partial charge on any atom is -0.480 e. The SMILES string of the molecule is CCCN(CC(=O)O)C(=O)C1(c2cccc(Cl)c2)CCC1. The minimum absolute atomic E-state index is 0.0831. The first kappa shape index (κ1) is 15.8. The third-order valence-corrected chi connectivity index (χ3v) is 4.34. The lowest BCUT2D eigenvalue weighted by molar-refractivity contribution is -0.149. The van der Waals surface area contributed by atoms with E-state index in [2.05, 4.69) is 0 Å². The molecule has 1 aromatic rings. The summed E-state index contributed by atoms with van der Waals surface area (Å²) in [6.45, 7) is 2.16. The fourth-order valence-electron chi connectivity index (χ4n) is 2.93. The van der Waals surface area contributed by atoms with E-state index in [1.165, 1.54) is 4.90 Å². The first-order valence-corrected chi connectivity index (χ1v) is 7.64. The highest BCUT2D eigenvalue weighted by atomic mass is 35.5. The maximum absolute atomic E-state index is 12.9. The number of hydrogen-bond donors (Lipinski definition) is 1. The van der Waals surface area contributed by atoms with Gasteiger partial charge in [-0.25, -0.2) is 0 Å². The van der Waals surface area contributed by atoms with Crippen molar-refractivity contribution >= 4 is 23.5 Å². The molecule has 0 aromatic heterocycles. The number of halogens is 1. The highest BCUT2D eigenvalue weighted by molar-refractivity contribution is 6.30. The zero-order chi connectivity index (χ0) is 15.5. The molecule has 0 aliphatic heterocycles. The second-order valence-electron chi connectivity index (χ2n) is 5.57. The van der Waals surface area contributed by atoms with Crippen LogP contribution in [-0.2, 0) is 15.0 Å².